The van der Waals surface area contributed by atoms with Gasteiger partial charge >= 0.3 is 0 Å². The number of thioether (sulfide) groups is 1. The summed E-state index contributed by atoms with van der Waals surface area (Å²) < 4.78 is 0. The van der Waals surface area contributed by atoms with E-state index in [0.717, 1.165) is 16.8 Å². The van der Waals surface area contributed by atoms with Gasteiger partial charge in [0.1, 0.15) is 5.25 Å². The summed E-state index contributed by atoms with van der Waals surface area (Å²) in [6.45, 7) is 3.80. The number of nitrogens with zero attached hydrogens (tertiary/aromatic N) is 2. The number of nitrogens with one attached hydrogen (secondary N) is 1. The van der Waals surface area contributed by atoms with Crippen molar-refractivity contribution >= 4 is 63.3 Å². The molecule has 3 rings (SSSR count). The smallest absolute Gasteiger partial charge is 0.242 e. The zero-order valence-corrected chi connectivity index (χ0v) is 18.0. The van der Waals surface area contributed by atoms with E-state index in [0.29, 0.717) is 20.9 Å². The van der Waals surface area contributed by atoms with Crippen LogP contribution in [0.5, 0.6) is 0 Å². The number of anilines is 1. The van der Waals surface area contributed by atoms with E-state index >= 15 is 0 Å². The molecule has 1 atom stereocenters. The lowest BCUT2D eigenvalue weighted by atomic mass is 10.2. The molecule has 28 heavy (non-hydrogen) atoms. The van der Waals surface area contributed by atoms with Gasteiger partial charge < -0.3 is 5.32 Å². The van der Waals surface area contributed by atoms with E-state index in [-0.39, 0.29) is 18.2 Å². The summed E-state index contributed by atoms with van der Waals surface area (Å²) in [6.07, 6.45) is 0.0535. The monoisotopic (exact) mass is 435 g/mol. The van der Waals surface area contributed by atoms with Crippen molar-refractivity contribution in [1.29, 1.82) is 0 Å². The summed E-state index contributed by atoms with van der Waals surface area (Å²) in [5.41, 5.74) is 3.20. The molecule has 2 aromatic carbocycles. The molecule has 8 heteroatoms. The van der Waals surface area contributed by atoms with E-state index in [1.165, 1.54) is 16.7 Å². The highest BCUT2D eigenvalue weighted by atomic mass is 35.5. The van der Waals surface area contributed by atoms with Crippen LogP contribution in [0.1, 0.15) is 17.5 Å². The van der Waals surface area contributed by atoms with E-state index in [2.05, 4.69) is 10.3 Å². The predicted molar refractivity (Wildman–Crippen MR) is 117 cm³/mol. The first kappa shape index (κ1) is 20.7. The van der Waals surface area contributed by atoms with Crippen molar-refractivity contribution in [2.45, 2.75) is 25.5 Å². The first-order chi connectivity index (χ1) is 13.2. The van der Waals surface area contributed by atoms with Crippen LogP contribution in [0.4, 0.5) is 11.4 Å². The number of benzene rings is 2. The quantitative estimate of drug-likeness (QED) is 0.717. The van der Waals surface area contributed by atoms with Gasteiger partial charge in [0, 0.05) is 29.2 Å². The zero-order chi connectivity index (χ0) is 20.4. The maximum absolute atomic E-state index is 12.5. The third kappa shape index (κ3) is 4.69. The summed E-state index contributed by atoms with van der Waals surface area (Å²) in [6, 6.07) is 10.7. The maximum atomic E-state index is 12.5. The Kier molecular flexibility index (Phi) is 6.33. The Balaban J connectivity index is 1.69. The van der Waals surface area contributed by atoms with Gasteiger partial charge in [0.05, 0.1) is 5.69 Å². The highest BCUT2D eigenvalue weighted by Gasteiger charge is 2.37. The minimum Gasteiger partial charge on any atom is -0.326 e. The molecule has 0 aromatic heterocycles. The Labute approximate surface area is 178 Å². The lowest BCUT2D eigenvalue weighted by molar-refractivity contribution is -0.127. The van der Waals surface area contributed by atoms with Gasteiger partial charge in [0.25, 0.3) is 0 Å². The van der Waals surface area contributed by atoms with Crippen LogP contribution in [0.25, 0.3) is 0 Å². The molecule has 1 fully saturated rings. The first-order valence-corrected chi connectivity index (χ1v) is 10.2. The van der Waals surface area contributed by atoms with Crippen LogP contribution in [0.3, 0.4) is 0 Å². The SMILES string of the molecule is Cc1ccc(NC(=O)C[C@@H]2SC(=Nc3ccc(Cl)cc3C)N(C)C2=O)cc1Cl. The molecule has 0 radical (unpaired) electrons. The van der Waals surface area contributed by atoms with Crippen molar-refractivity contribution in [2.75, 3.05) is 12.4 Å². The molecule has 5 nitrogen and oxygen atoms in total. The van der Waals surface area contributed by atoms with Gasteiger partial charge in [-0.3, -0.25) is 14.5 Å². The van der Waals surface area contributed by atoms with Crippen LogP contribution < -0.4 is 5.32 Å². The third-order valence-electron chi connectivity index (χ3n) is 4.34. The second-order valence-corrected chi connectivity index (χ2v) is 8.56. The van der Waals surface area contributed by atoms with Crippen molar-refractivity contribution in [3.8, 4) is 0 Å². The van der Waals surface area contributed by atoms with Crippen molar-refractivity contribution in [3.63, 3.8) is 0 Å². The Morgan fingerprint density at radius 3 is 2.61 bits per heavy atom. The zero-order valence-electron chi connectivity index (χ0n) is 15.6. The number of hydrogen-bond acceptors (Lipinski definition) is 4. The second-order valence-electron chi connectivity index (χ2n) is 6.55. The lowest BCUT2D eigenvalue weighted by Crippen LogP contribution is -2.30. The number of halogens is 2. The van der Waals surface area contributed by atoms with Gasteiger partial charge in [-0.05, 0) is 55.3 Å². The number of amidine groups is 1. The van der Waals surface area contributed by atoms with Crippen LogP contribution in [0, 0.1) is 13.8 Å². The molecule has 0 saturated carbocycles. The van der Waals surface area contributed by atoms with E-state index in [9.17, 15) is 9.59 Å². The fraction of sp³-hybridized carbons (Fsp3) is 0.250. The molecule has 2 aromatic rings. The fourth-order valence-corrected chi connectivity index (χ4v) is 4.25. The molecule has 0 aliphatic carbocycles. The van der Waals surface area contributed by atoms with Crippen LogP contribution in [-0.4, -0.2) is 34.2 Å². The molecule has 1 heterocycles. The summed E-state index contributed by atoms with van der Waals surface area (Å²) in [5, 5.41) is 4.05. The largest absolute Gasteiger partial charge is 0.326 e. The van der Waals surface area contributed by atoms with Crippen molar-refractivity contribution in [2.24, 2.45) is 4.99 Å². The fourth-order valence-electron chi connectivity index (χ4n) is 2.70. The Bertz CT molecular complexity index is 978. The molecular weight excluding hydrogens is 417 g/mol. The molecule has 1 saturated heterocycles. The molecule has 2 amide bonds. The van der Waals surface area contributed by atoms with E-state index < -0.39 is 5.25 Å². The standard InChI is InChI=1S/C20H19Cl2N3O2S/c1-11-4-6-14(9-15(11)22)23-18(26)10-17-19(27)25(3)20(28-17)24-16-7-5-13(21)8-12(16)2/h4-9,17H,10H2,1-3H3,(H,23,26)/t17-/m0/s1. The second kappa shape index (κ2) is 8.55. The Hall–Kier alpha value is -2.02. The molecule has 1 N–H and O–H groups in total. The molecule has 0 unspecified atom stereocenters. The first-order valence-electron chi connectivity index (χ1n) is 8.59. The van der Waals surface area contributed by atoms with E-state index in [4.69, 9.17) is 23.2 Å². The number of amides is 2. The average molecular weight is 436 g/mol. The Morgan fingerprint density at radius 1 is 1.18 bits per heavy atom. The molecule has 146 valence electrons. The molecule has 1 aliphatic heterocycles. The number of carbonyl (C=O) groups excluding carboxylic acids is 2. The molecule has 1 aliphatic rings. The van der Waals surface area contributed by atoms with Gasteiger partial charge in [0.2, 0.25) is 11.8 Å². The summed E-state index contributed by atoms with van der Waals surface area (Å²) in [5.74, 6) is -0.393. The summed E-state index contributed by atoms with van der Waals surface area (Å²) >= 11 is 13.4. The topological polar surface area (TPSA) is 61.8 Å². The number of hydrogen-bond donors (Lipinski definition) is 1. The van der Waals surface area contributed by atoms with Crippen LogP contribution >= 0.6 is 35.0 Å². The molecule has 0 spiro atoms. The van der Waals surface area contributed by atoms with Crippen molar-refractivity contribution in [3.05, 3.63) is 57.6 Å². The molecule has 0 bridgehead atoms. The summed E-state index contributed by atoms with van der Waals surface area (Å²) in [4.78, 5) is 31.0. The summed E-state index contributed by atoms with van der Waals surface area (Å²) in [7, 11) is 1.66. The van der Waals surface area contributed by atoms with E-state index in [1.807, 2.05) is 32.0 Å². The molecular formula is C20H19Cl2N3O2S. The van der Waals surface area contributed by atoms with E-state index in [1.54, 1.807) is 25.2 Å². The Morgan fingerprint density at radius 2 is 1.93 bits per heavy atom. The number of aryl methyl sites for hydroxylation is 2. The number of carbonyl (C=O) groups is 2. The highest BCUT2D eigenvalue weighted by molar-refractivity contribution is 8.15. The van der Waals surface area contributed by atoms with Crippen molar-refractivity contribution in [1.82, 2.24) is 4.90 Å². The number of rotatable bonds is 4. The third-order valence-corrected chi connectivity index (χ3v) is 6.21. The van der Waals surface area contributed by atoms with Gasteiger partial charge in [-0.2, -0.15) is 0 Å². The predicted octanol–water partition coefficient (Wildman–Crippen LogP) is 5.20. The minimum atomic E-state index is -0.516. The maximum Gasteiger partial charge on any atom is 0.242 e. The van der Waals surface area contributed by atoms with Gasteiger partial charge in [-0.25, -0.2) is 4.99 Å². The van der Waals surface area contributed by atoms with Crippen molar-refractivity contribution < 1.29 is 9.59 Å². The minimum absolute atomic E-state index is 0.0535. The average Bonchev–Trinajstić information content (AvgIpc) is 2.88. The van der Waals surface area contributed by atoms with Crippen LogP contribution in [0.2, 0.25) is 10.0 Å². The van der Waals surface area contributed by atoms with Crippen LogP contribution in [-0.2, 0) is 9.59 Å². The van der Waals surface area contributed by atoms with Gasteiger partial charge in [-0.15, -0.1) is 0 Å². The van der Waals surface area contributed by atoms with Crippen LogP contribution in [0.15, 0.2) is 41.4 Å². The lowest BCUT2D eigenvalue weighted by Gasteiger charge is -2.10. The normalized spacial score (nSPS) is 18.0. The van der Waals surface area contributed by atoms with Gasteiger partial charge in [-0.1, -0.05) is 41.0 Å². The number of aliphatic imine (C=N–C) groups is 1. The van der Waals surface area contributed by atoms with Gasteiger partial charge in [0.15, 0.2) is 5.17 Å². The highest BCUT2D eigenvalue weighted by Crippen LogP contribution is 2.32.